The topological polar surface area (TPSA) is 25.4 Å². The van der Waals surface area contributed by atoms with Crippen molar-refractivity contribution in [3.63, 3.8) is 0 Å². The molecule has 1 atom stereocenters. The molecule has 1 aliphatic rings. The third-order valence-corrected chi connectivity index (χ3v) is 3.61. The molecule has 2 rings (SSSR count). The summed E-state index contributed by atoms with van der Waals surface area (Å²) in [5, 5.41) is 0. The van der Waals surface area contributed by atoms with Crippen molar-refractivity contribution in [2.45, 2.75) is 38.6 Å². The van der Waals surface area contributed by atoms with E-state index in [-0.39, 0.29) is 0 Å². The zero-order valence-electron chi connectivity index (χ0n) is 10.9. The Morgan fingerprint density at radius 3 is 3.17 bits per heavy atom. The van der Waals surface area contributed by atoms with Crippen LogP contribution in [-0.4, -0.2) is 30.1 Å². The predicted molar refractivity (Wildman–Crippen MR) is 75.7 cm³/mol. The van der Waals surface area contributed by atoms with E-state index in [1.807, 2.05) is 25.3 Å². The number of anilines is 1. The number of aromatic nitrogens is 1. The second-order valence-electron chi connectivity index (χ2n) is 4.58. The Morgan fingerprint density at radius 1 is 1.50 bits per heavy atom. The van der Waals surface area contributed by atoms with Crippen LogP contribution in [0.4, 0.5) is 5.82 Å². The van der Waals surface area contributed by atoms with E-state index in [0.717, 1.165) is 24.5 Å². The van der Waals surface area contributed by atoms with Gasteiger partial charge in [0.15, 0.2) is 11.6 Å². The molecule has 0 aromatic carbocycles. The highest BCUT2D eigenvalue weighted by Crippen LogP contribution is 2.32. The van der Waals surface area contributed by atoms with Crippen molar-refractivity contribution >= 4 is 17.4 Å². The van der Waals surface area contributed by atoms with Crippen LogP contribution < -0.4 is 9.64 Å². The lowest BCUT2D eigenvalue weighted by molar-refractivity contribution is 0.335. The van der Waals surface area contributed by atoms with E-state index in [1.165, 1.54) is 19.3 Å². The van der Waals surface area contributed by atoms with Gasteiger partial charge >= 0.3 is 0 Å². The van der Waals surface area contributed by atoms with E-state index >= 15 is 0 Å². The summed E-state index contributed by atoms with van der Waals surface area (Å²) < 4.78 is 5.68. The van der Waals surface area contributed by atoms with Gasteiger partial charge in [-0.1, -0.05) is 0 Å². The lowest BCUT2D eigenvalue weighted by Gasteiger charge is -2.37. The van der Waals surface area contributed by atoms with Gasteiger partial charge < -0.3 is 9.64 Å². The SMILES string of the molecule is CCOc1cccnc1N1CCCCC1CCCl. The van der Waals surface area contributed by atoms with Crippen molar-refractivity contribution in [3.8, 4) is 5.75 Å². The molecule has 0 N–H and O–H groups in total. The number of rotatable bonds is 5. The quantitative estimate of drug-likeness (QED) is 0.765. The summed E-state index contributed by atoms with van der Waals surface area (Å²) in [6, 6.07) is 4.43. The van der Waals surface area contributed by atoms with Crippen molar-refractivity contribution in [2.75, 3.05) is 23.9 Å². The van der Waals surface area contributed by atoms with Gasteiger partial charge in [-0.3, -0.25) is 0 Å². The molecular formula is C14H21ClN2O. The fourth-order valence-electron chi connectivity index (χ4n) is 2.57. The Kier molecular flexibility index (Phi) is 5.12. The Balaban J connectivity index is 2.21. The highest BCUT2D eigenvalue weighted by atomic mass is 35.5. The molecule has 1 unspecified atom stereocenters. The fourth-order valence-corrected chi connectivity index (χ4v) is 2.82. The van der Waals surface area contributed by atoms with Gasteiger partial charge in [0.25, 0.3) is 0 Å². The second-order valence-corrected chi connectivity index (χ2v) is 4.96. The zero-order valence-corrected chi connectivity index (χ0v) is 11.7. The first-order chi connectivity index (χ1) is 8.86. The van der Waals surface area contributed by atoms with Crippen LogP contribution in [0.2, 0.25) is 0 Å². The lowest BCUT2D eigenvalue weighted by Crippen LogP contribution is -2.40. The van der Waals surface area contributed by atoms with E-state index < -0.39 is 0 Å². The van der Waals surface area contributed by atoms with E-state index in [1.54, 1.807) is 0 Å². The summed E-state index contributed by atoms with van der Waals surface area (Å²) in [6.07, 6.45) is 6.57. The summed E-state index contributed by atoms with van der Waals surface area (Å²) in [5.41, 5.74) is 0. The third-order valence-electron chi connectivity index (χ3n) is 3.39. The van der Waals surface area contributed by atoms with Gasteiger partial charge in [0.05, 0.1) is 6.61 Å². The number of hydrogen-bond acceptors (Lipinski definition) is 3. The Labute approximate surface area is 114 Å². The number of nitrogens with zero attached hydrogens (tertiary/aromatic N) is 2. The van der Waals surface area contributed by atoms with E-state index in [4.69, 9.17) is 16.3 Å². The molecular weight excluding hydrogens is 248 g/mol. The molecule has 18 heavy (non-hydrogen) atoms. The minimum absolute atomic E-state index is 0.505. The van der Waals surface area contributed by atoms with Gasteiger partial charge in [-0.05, 0) is 44.7 Å². The average Bonchev–Trinajstić information content (AvgIpc) is 2.41. The molecule has 1 saturated heterocycles. The maximum absolute atomic E-state index is 5.91. The smallest absolute Gasteiger partial charge is 0.171 e. The molecule has 0 radical (unpaired) electrons. The molecule has 1 aromatic rings. The number of alkyl halides is 1. The van der Waals surface area contributed by atoms with Crippen molar-refractivity contribution in [3.05, 3.63) is 18.3 Å². The second kappa shape index (κ2) is 6.83. The third kappa shape index (κ3) is 3.08. The Morgan fingerprint density at radius 2 is 2.39 bits per heavy atom. The van der Waals surface area contributed by atoms with E-state index in [0.29, 0.717) is 18.5 Å². The van der Waals surface area contributed by atoms with Crippen LogP contribution in [0.1, 0.15) is 32.6 Å². The maximum atomic E-state index is 5.91. The first kappa shape index (κ1) is 13.5. The molecule has 0 amide bonds. The number of pyridine rings is 1. The van der Waals surface area contributed by atoms with Gasteiger partial charge in [-0.2, -0.15) is 0 Å². The standard InChI is InChI=1S/C14H21ClN2O/c1-2-18-13-7-5-10-16-14(13)17-11-4-3-6-12(17)8-9-15/h5,7,10,12H,2-4,6,8-9,11H2,1H3. The molecule has 4 heteroatoms. The monoisotopic (exact) mass is 268 g/mol. The summed E-state index contributed by atoms with van der Waals surface area (Å²) in [7, 11) is 0. The molecule has 0 spiro atoms. The number of halogens is 1. The summed E-state index contributed by atoms with van der Waals surface area (Å²) in [4.78, 5) is 6.88. The highest BCUT2D eigenvalue weighted by molar-refractivity contribution is 6.17. The minimum Gasteiger partial charge on any atom is -0.490 e. The van der Waals surface area contributed by atoms with Gasteiger partial charge in [0.1, 0.15) is 0 Å². The van der Waals surface area contributed by atoms with Gasteiger partial charge in [-0.25, -0.2) is 4.98 Å². The van der Waals surface area contributed by atoms with Crippen LogP contribution in [0.5, 0.6) is 5.75 Å². The average molecular weight is 269 g/mol. The molecule has 1 fully saturated rings. The summed E-state index contributed by atoms with van der Waals surface area (Å²) in [5.74, 6) is 2.58. The Bertz CT molecular complexity index is 371. The Hall–Kier alpha value is -0.960. The number of ether oxygens (including phenoxy) is 1. The van der Waals surface area contributed by atoms with E-state index in [2.05, 4.69) is 9.88 Å². The molecule has 1 aromatic heterocycles. The summed E-state index contributed by atoms with van der Waals surface area (Å²) in [6.45, 7) is 3.73. The first-order valence-electron chi connectivity index (χ1n) is 6.77. The summed E-state index contributed by atoms with van der Waals surface area (Å²) >= 11 is 5.91. The fraction of sp³-hybridized carbons (Fsp3) is 0.643. The molecule has 0 saturated carbocycles. The van der Waals surface area contributed by atoms with Crippen molar-refractivity contribution < 1.29 is 4.74 Å². The van der Waals surface area contributed by atoms with Crippen LogP contribution in [-0.2, 0) is 0 Å². The van der Waals surface area contributed by atoms with Gasteiger partial charge in [0, 0.05) is 24.7 Å². The number of hydrogen-bond donors (Lipinski definition) is 0. The van der Waals surface area contributed by atoms with Crippen LogP contribution >= 0.6 is 11.6 Å². The van der Waals surface area contributed by atoms with Gasteiger partial charge in [0.2, 0.25) is 0 Å². The van der Waals surface area contributed by atoms with Crippen LogP contribution in [0.3, 0.4) is 0 Å². The maximum Gasteiger partial charge on any atom is 0.171 e. The van der Waals surface area contributed by atoms with Crippen LogP contribution in [0, 0.1) is 0 Å². The highest BCUT2D eigenvalue weighted by Gasteiger charge is 2.25. The first-order valence-corrected chi connectivity index (χ1v) is 7.30. The normalized spacial score (nSPS) is 19.9. The molecule has 0 bridgehead atoms. The van der Waals surface area contributed by atoms with Gasteiger partial charge in [-0.15, -0.1) is 11.6 Å². The predicted octanol–water partition coefficient (Wildman–Crippen LogP) is 3.47. The lowest BCUT2D eigenvalue weighted by atomic mass is 10.00. The molecule has 3 nitrogen and oxygen atoms in total. The van der Waals surface area contributed by atoms with Crippen LogP contribution in [0.15, 0.2) is 18.3 Å². The van der Waals surface area contributed by atoms with E-state index in [9.17, 15) is 0 Å². The van der Waals surface area contributed by atoms with Crippen LogP contribution in [0.25, 0.3) is 0 Å². The number of piperidine rings is 1. The van der Waals surface area contributed by atoms with Crippen molar-refractivity contribution in [2.24, 2.45) is 0 Å². The van der Waals surface area contributed by atoms with Crippen molar-refractivity contribution in [1.29, 1.82) is 0 Å². The molecule has 0 aliphatic carbocycles. The minimum atomic E-state index is 0.505. The van der Waals surface area contributed by atoms with Crippen molar-refractivity contribution in [1.82, 2.24) is 4.98 Å². The largest absolute Gasteiger partial charge is 0.490 e. The molecule has 100 valence electrons. The zero-order chi connectivity index (χ0) is 12.8. The molecule has 2 heterocycles. The molecule has 1 aliphatic heterocycles.